The molecule has 4 nitrogen and oxygen atoms in total. The van der Waals surface area contributed by atoms with Gasteiger partial charge in [0.2, 0.25) is 0 Å². The van der Waals surface area contributed by atoms with Crippen molar-refractivity contribution in [2.24, 2.45) is 10.7 Å². The molecule has 1 aromatic carbocycles. The number of anilines is 1. The lowest BCUT2D eigenvalue weighted by molar-refractivity contribution is 0.163. The molecule has 3 aliphatic heterocycles. The molecule has 5 heteroatoms. The van der Waals surface area contributed by atoms with E-state index in [9.17, 15) is 0 Å². The van der Waals surface area contributed by atoms with E-state index in [1.165, 1.54) is 38.0 Å². The van der Waals surface area contributed by atoms with Crippen LogP contribution in [-0.2, 0) is 0 Å². The number of nitrogens with two attached hydrogens (primary N) is 1. The Hall–Kier alpha value is -1.07. The summed E-state index contributed by atoms with van der Waals surface area (Å²) in [6.07, 6.45) is 5.10. The van der Waals surface area contributed by atoms with Crippen LogP contribution in [0.4, 0.5) is 5.69 Å². The Kier molecular flexibility index (Phi) is 3.23. The number of guanidine groups is 1. The number of nitrogens with zero attached hydrogens (tertiary/aromatic N) is 3. The molecule has 2 atom stereocenters. The van der Waals surface area contributed by atoms with Crippen molar-refractivity contribution >= 4 is 27.6 Å². The van der Waals surface area contributed by atoms with Gasteiger partial charge in [0.15, 0.2) is 5.96 Å². The molecule has 2 unspecified atom stereocenters. The highest BCUT2D eigenvalue weighted by Gasteiger charge is 2.55. The van der Waals surface area contributed by atoms with E-state index < -0.39 is 0 Å². The van der Waals surface area contributed by atoms with E-state index in [4.69, 9.17) is 5.73 Å². The molecule has 0 saturated carbocycles. The molecule has 2 saturated heterocycles. The van der Waals surface area contributed by atoms with Crippen LogP contribution in [0.3, 0.4) is 0 Å². The summed E-state index contributed by atoms with van der Waals surface area (Å²) < 4.78 is 1.10. The summed E-state index contributed by atoms with van der Waals surface area (Å²) in [5, 5.41) is 0. The zero-order valence-corrected chi connectivity index (χ0v) is 13.7. The van der Waals surface area contributed by atoms with E-state index in [0.717, 1.165) is 17.4 Å². The van der Waals surface area contributed by atoms with Crippen molar-refractivity contribution in [3.05, 3.63) is 28.7 Å². The third kappa shape index (κ3) is 2.01. The molecule has 4 rings (SSSR count). The topological polar surface area (TPSA) is 44.9 Å². The number of hydrogen-bond acceptors (Lipinski definition) is 4. The summed E-state index contributed by atoms with van der Waals surface area (Å²) >= 11 is 3.51. The maximum Gasteiger partial charge on any atom is 0.196 e. The number of piperidine rings is 1. The number of halogens is 1. The molecule has 112 valence electrons. The second-order valence-electron chi connectivity index (χ2n) is 6.39. The molecule has 0 aliphatic carbocycles. The van der Waals surface area contributed by atoms with Crippen molar-refractivity contribution in [1.82, 2.24) is 4.90 Å². The van der Waals surface area contributed by atoms with Gasteiger partial charge in [-0.2, -0.15) is 0 Å². The van der Waals surface area contributed by atoms with Crippen LogP contribution in [-0.4, -0.2) is 42.1 Å². The van der Waals surface area contributed by atoms with Gasteiger partial charge in [0, 0.05) is 22.7 Å². The highest BCUT2D eigenvalue weighted by molar-refractivity contribution is 9.10. The van der Waals surface area contributed by atoms with Gasteiger partial charge < -0.3 is 10.6 Å². The van der Waals surface area contributed by atoms with Crippen LogP contribution in [0.25, 0.3) is 0 Å². The van der Waals surface area contributed by atoms with Crippen molar-refractivity contribution in [3.63, 3.8) is 0 Å². The van der Waals surface area contributed by atoms with E-state index in [1.807, 2.05) is 0 Å². The third-order valence-corrected chi connectivity index (χ3v) is 5.87. The molecule has 0 radical (unpaired) electrons. The predicted octanol–water partition coefficient (Wildman–Crippen LogP) is 2.58. The van der Waals surface area contributed by atoms with Crippen LogP contribution >= 0.6 is 15.9 Å². The van der Waals surface area contributed by atoms with E-state index in [1.54, 1.807) is 0 Å². The van der Waals surface area contributed by atoms with Crippen molar-refractivity contribution in [2.45, 2.75) is 37.3 Å². The summed E-state index contributed by atoms with van der Waals surface area (Å²) in [6.45, 7) is 3.26. The van der Waals surface area contributed by atoms with Gasteiger partial charge in [-0.25, -0.2) is 0 Å². The normalized spacial score (nSPS) is 32.5. The van der Waals surface area contributed by atoms with Crippen molar-refractivity contribution in [3.8, 4) is 0 Å². The van der Waals surface area contributed by atoms with Crippen LogP contribution < -0.4 is 10.6 Å². The minimum absolute atomic E-state index is 0.0817. The Morgan fingerprint density at radius 2 is 2.00 bits per heavy atom. The number of rotatable bonds is 1. The standard InChI is InChI=1S/C16H21BrN4/c17-12-4-6-13(7-5-12)21-15(18)19-11-16(21)8-10-20-9-2-1-3-14(16)20/h4-7,14H,1-3,8-11H2,(H2,18,19). The molecular weight excluding hydrogens is 328 g/mol. The van der Waals surface area contributed by atoms with Crippen LogP contribution in [0.1, 0.15) is 25.7 Å². The average molecular weight is 349 g/mol. The Bertz CT molecular complexity index is 570. The maximum atomic E-state index is 6.27. The quantitative estimate of drug-likeness (QED) is 0.848. The first-order valence-electron chi connectivity index (χ1n) is 7.80. The SMILES string of the molecule is NC1=NCC2(CCN3CCCCC32)N1c1ccc(Br)cc1. The molecule has 3 aliphatic rings. The van der Waals surface area contributed by atoms with Gasteiger partial charge in [-0.1, -0.05) is 22.4 Å². The fraction of sp³-hybridized carbons (Fsp3) is 0.562. The molecule has 0 aromatic heterocycles. The smallest absolute Gasteiger partial charge is 0.196 e. The van der Waals surface area contributed by atoms with Crippen LogP contribution in [0, 0.1) is 0 Å². The summed E-state index contributed by atoms with van der Waals surface area (Å²) in [4.78, 5) is 9.60. The lowest BCUT2D eigenvalue weighted by Gasteiger charge is -2.44. The molecule has 3 heterocycles. The first-order valence-corrected chi connectivity index (χ1v) is 8.60. The largest absolute Gasteiger partial charge is 0.369 e. The maximum absolute atomic E-state index is 6.27. The fourth-order valence-corrected chi connectivity index (χ4v) is 4.65. The summed E-state index contributed by atoms with van der Waals surface area (Å²) in [7, 11) is 0. The second-order valence-corrected chi connectivity index (χ2v) is 7.30. The molecule has 21 heavy (non-hydrogen) atoms. The molecular formula is C16H21BrN4. The van der Waals surface area contributed by atoms with Gasteiger partial charge in [0.05, 0.1) is 12.1 Å². The molecule has 2 N–H and O–H groups in total. The van der Waals surface area contributed by atoms with Gasteiger partial charge in [-0.05, 0) is 50.1 Å². The zero-order valence-electron chi connectivity index (χ0n) is 12.1. The van der Waals surface area contributed by atoms with Gasteiger partial charge in [0.1, 0.15) is 0 Å². The Labute approximate surface area is 134 Å². The number of fused-ring (bicyclic) bond motifs is 2. The van der Waals surface area contributed by atoms with E-state index in [2.05, 4.69) is 55.0 Å². The van der Waals surface area contributed by atoms with Gasteiger partial charge in [0.25, 0.3) is 0 Å². The summed E-state index contributed by atoms with van der Waals surface area (Å²) in [5.74, 6) is 0.685. The van der Waals surface area contributed by atoms with Gasteiger partial charge in [-0.3, -0.25) is 9.89 Å². The summed E-state index contributed by atoms with van der Waals surface area (Å²) in [6, 6.07) is 9.06. The minimum Gasteiger partial charge on any atom is -0.369 e. The lowest BCUT2D eigenvalue weighted by Crippen LogP contribution is -2.59. The van der Waals surface area contributed by atoms with E-state index in [-0.39, 0.29) is 5.54 Å². The van der Waals surface area contributed by atoms with E-state index in [0.29, 0.717) is 12.0 Å². The first-order chi connectivity index (χ1) is 10.2. The zero-order chi connectivity index (χ0) is 14.4. The van der Waals surface area contributed by atoms with Crippen molar-refractivity contribution in [1.29, 1.82) is 0 Å². The van der Waals surface area contributed by atoms with Gasteiger partial charge >= 0.3 is 0 Å². The summed E-state index contributed by atoms with van der Waals surface area (Å²) in [5.41, 5.74) is 7.52. The minimum atomic E-state index is 0.0817. The average Bonchev–Trinajstić information content (AvgIpc) is 3.04. The monoisotopic (exact) mass is 348 g/mol. The molecule has 2 fully saturated rings. The molecule has 0 bridgehead atoms. The van der Waals surface area contributed by atoms with Crippen LogP contribution in [0.2, 0.25) is 0 Å². The van der Waals surface area contributed by atoms with Crippen LogP contribution in [0.5, 0.6) is 0 Å². The number of benzene rings is 1. The fourth-order valence-electron chi connectivity index (χ4n) is 4.38. The number of aliphatic imine (C=N–C) groups is 1. The molecule has 1 aromatic rings. The number of hydrogen-bond donors (Lipinski definition) is 1. The lowest BCUT2D eigenvalue weighted by atomic mass is 9.84. The van der Waals surface area contributed by atoms with Crippen molar-refractivity contribution in [2.75, 3.05) is 24.5 Å². The highest BCUT2D eigenvalue weighted by atomic mass is 79.9. The second kappa shape index (κ2) is 4.99. The Morgan fingerprint density at radius 1 is 1.19 bits per heavy atom. The van der Waals surface area contributed by atoms with Gasteiger partial charge in [-0.15, -0.1) is 0 Å². The Balaban J connectivity index is 1.73. The molecule has 1 spiro atoms. The highest BCUT2D eigenvalue weighted by Crippen LogP contribution is 2.44. The van der Waals surface area contributed by atoms with Crippen LogP contribution in [0.15, 0.2) is 33.7 Å². The van der Waals surface area contributed by atoms with E-state index >= 15 is 0 Å². The van der Waals surface area contributed by atoms with Crippen molar-refractivity contribution < 1.29 is 0 Å². The third-order valence-electron chi connectivity index (χ3n) is 5.34. The predicted molar refractivity (Wildman–Crippen MR) is 89.7 cm³/mol. The molecule has 0 amide bonds. The first kappa shape index (κ1) is 13.6. The Morgan fingerprint density at radius 3 is 2.81 bits per heavy atom.